The van der Waals surface area contributed by atoms with Crippen molar-refractivity contribution >= 4 is 5.91 Å². The highest BCUT2D eigenvalue weighted by molar-refractivity contribution is 5.77. The number of rotatable bonds is 6. The third-order valence-electron chi connectivity index (χ3n) is 2.92. The van der Waals surface area contributed by atoms with Gasteiger partial charge in [0, 0.05) is 13.1 Å². The molecule has 1 fully saturated rings. The van der Waals surface area contributed by atoms with E-state index in [0.29, 0.717) is 12.5 Å². The Labute approximate surface area is 92.2 Å². The second-order valence-corrected chi connectivity index (χ2v) is 4.33. The summed E-state index contributed by atoms with van der Waals surface area (Å²) < 4.78 is 0. The van der Waals surface area contributed by atoms with Crippen LogP contribution in [0.3, 0.4) is 0 Å². The Kier molecular flexibility index (Phi) is 5.65. The fraction of sp³-hybridized carbons (Fsp3) is 0.909. The Morgan fingerprint density at radius 2 is 2.40 bits per heavy atom. The molecular weight excluding hydrogens is 190 g/mol. The minimum Gasteiger partial charge on any atom is -0.355 e. The highest BCUT2D eigenvalue weighted by Crippen LogP contribution is 2.13. The van der Waals surface area contributed by atoms with Crippen LogP contribution in [0.1, 0.15) is 26.2 Å². The van der Waals surface area contributed by atoms with Gasteiger partial charge in [0.15, 0.2) is 0 Å². The van der Waals surface area contributed by atoms with Crippen molar-refractivity contribution in [1.82, 2.24) is 10.2 Å². The molecule has 4 nitrogen and oxygen atoms in total. The van der Waals surface area contributed by atoms with Crippen LogP contribution in [0.25, 0.3) is 0 Å². The summed E-state index contributed by atoms with van der Waals surface area (Å²) in [6.07, 6.45) is 3.33. The molecule has 0 saturated carbocycles. The van der Waals surface area contributed by atoms with Crippen molar-refractivity contribution in [3.05, 3.63) is 0 Å². The normalized spacial score (nSPS) is 21.9. The van der Waals surface area contributed by atoms with Gasteiger partial charge in [0.25, 0.3) is 0 Å². The fourth-order valence-electron chi connectivity index (χ4n) is 1.91. The van der Waals surface area contributed by atoms with E-state index >= 15 is 0 Å². The lowest BCUT2D eigenvalue weighted by molar-refractivity contribution is -0.122. The molecule has 1 rings (SSSR count). The van der Waals surface area contributed by atoms with Gasteiger partial charge in [-0.05, 0) is 31.8 Å². The highest BCUT2D eigenvalue weighted by atomic mass is 16.2. The fourth-order valence-corrected chi connectivity index (χ4v) is 1.91. The van der Waals surface area contributed by atoms with E-state index in [-0.39, 0.29) is 5.91 Å². The van der Waals surface area contributed by atoms with Gasteiger partial charge in [-0.15, -0.1) is 0 Å². The molecule has 4 heteroatoms. The summed E-state index contributed by atoms with van der Waals surface area (Å²) in [4.78, 5) is 13.7. The van der Waals surface area contributed by atoms with Gasteiger partial charge < -0.3 is 11.1 Å². The van der Waals surface area contributed by atoms with Crippen molar-refractivity contribution in [1.29, 1.82) is 0 Å². The van der Waals surface area contributed by atoms with Crippen LogP contribution in [-0.4, -0.2) is 43.5 Å². The molecule has 1 amide bonds. The Balaban J connectivity index is 2.10. The summed E-state index contributed by atoms with van der Waals surface area (Å²) >= 11 is 0. The molecule has 0 aromatic rings. The molecule has 0 aromatic carbocycles. The predicted octanol–water partition coefficient (Wildman–Crippen LogP) is 0.183. The molecular formula is C11H23N3O. The Hall–Kier alpha value is -0.610. The van der Waals surface area contributed by atoms with Gasteiger partial charge >= 0.3 is 0 Å². The second-order valence-electron chi connectivity index (χ2n) is 4.33. The largest absolute Gasteiger partial charge is 0.355 e. The molecule has 1 aliphatic heterocycles. The minimum absolute atomic E-state index is 0.154. The number of carbonyl (C=O) groups is 1. The molecule has 3 N–H and O–H groups in total. The number of likely N-dealkylation sites (tertiary alicyclic amines) is 1. The first kappa shape index (κ1) is 12.5. The third kappa shape index (κ3) is 4.62. The van der Waals surface area contributed by atoms with E-state index in [1.807, 2.05) is 0 Å². The first-order chi connectivity index (χ1) is 7.26. The molecule has 1 atom stereocenters. The number of nitrogens with zero attached hydrogens (tertiary/aromatic N) is 1. The topological polar surface area (TPSA) is 58.4 Å². The number of nitrogens with one attached hydrogen (secondary N) is 1. The van der Waals surface area contributed by atoms with E-state index in [2.05, 4.69) is 17.1 Å². The number of hydrogen-bond acceptors (Lipinski definition) is 3. The van der Waals surface area contributed by atoms with E-state index in [1.165, 1.54) is 0 Å². The molecule has 15 heavy (non-hydrogen) atoms. The van der Waals surface area contributed by atoms with Gasteiger partial charge in [-0.2, -0.15) is 0 Å². The lowest BCUT2D eigenvalue weighted by atomic mass is 10.1. The zero-order valence-corrected chi connectivity index (χ0v) is 9.67. The summed E-state index contributed by atoms with van der Waals surface area (Å²) in [7, 11) is 0. The lowest BCUT2D eigenvalue weighted by Crippen LogP contribution is -2.36. The quantitative estimate of drug-likeness (QED) is 0.619. The highest BCUT2D eigenvalue weighted by Gasteiger charge is 2.22. The summed E-state index contributed by atoms with van der Waals surface area (Å²) in [6, 6.07) is 0. The van der Waals surface area contributed by atoms with E-state index in [1.54, 1.807) is 0 Å². The third-order valence-corrected chi connectivity index (χ3v) is 2.92. The molecule has 1 heterocycles. The summed E-state index contributed by atoms with van der Waals surface area (Å²) in [5.41, 5.74) is 5.60. The molecule has 88 valence electrons. The average molecular weight is 213 g/mol. The van der Waals surface area contributed by atoms with Gasteiger partial charge in [-0.25, -0.2) is 0 Å². The van der Waals surface area contributed by atoms with Crippen molar-refractivity contribution in [3.63, 3.8) is 0 Å². The minimum atomic E-state index is 0.154. The number of amides is 1. The number of carbonyl (C=O) groups excluding carboxylic acids is 1. The van der Waals surface area contributed by atoms with Crippen LogP contribution < -0.4 is 11.1 Å². The van der Waals surface area contributed by atoms with E-state index in [0.717, 1.165) is 45.4 Å². The van der Waals surface area contributed by atoms with Gasteiger partial charge in [0.1, 0.15) is 0 Å². The number of unbranched alkanes of at least 4 members (excludes halogenated alkanes) is 1. The van der Waals surface area contributed by atoms with Crippen LogP contribution in [0.4, 0.5) is 0 Å². The summed E-state index contributed by atoms with van der Waals surface area (Å²) in [5.74, 6) is 0.745. The van der Waals surface area contributed by atoms with Crippen molar-refractivity contribution in [2.45, 2.75) is 26.2 Å². The average Bonchev–Trinajstić information content (AvgIpc) is 2.66. The number of hydrogen-bond donors (Lipinski definition) is 2. The summed E-state index contributed by atoms with van der Waals surface area (Å²) in [6.45, 7) is 6.22. The Bertz CT molecular complexity index is 196. The van der Waals surface area contributed by atoms with Crippen LogP contribution >= 0.6 is 0 Å². The SMILES string of the molecule is CCCCNC(=O)CN1CCC(CN)C1. The second kappa shape index (κ2) is 6.80. The molecule has 0 bridgehead atoms. The Morgan fingerprint density at radius 3 is 3.00 bits per heavy atom. The van der Waals surface area contributed by atoms with Crippen LogP contribution in [0.2, 0.25) is 0 Å². The maximum atomic E-state index is 11.5. The molecule has 0 aromatic heterocycles. The predicted molar refractivity (Wildman–Crippen MR) is 61.5 cm³/mol. The lowest BCUT2D eigenvalue weighted by Gasteiger charge is -2.15. The number of nitrogens with two attached hydrogens (primary N) is 1. The molecule has 1 unspecified atom stereocenters. The molecule has 0 radical (unpaired) electrons. The van der Waals surface area contributed by atoms with E-state index in [4.69, 9.17) is 5.73 Å². The molecule has 0 spiro atoms. The molecule has 1 saturated heterocycles. The zero-order valence-electron chi connectivity index (χ0n) is 9.67. The smallest absolute Gasteiger partial charge is 0.234 e. The Morgan fingerprint density at radius 1 is 1.60 bits per heavy atom. The first-order valence-electron chi connectivity index (χ1n) is 5.95. The molecule has 0 aliphatic carbocycles. The van der Waals surface area contributed by atoms with Crippen molar-refractivity contribution in [2.75, 3.05) is 32.7 Å². The van der Waals surface area contributed by atoms with E-state index < -0.39 is 0 Å². The van der Waals surface area contributed by atoms with Gasteiger partial charge in [-0.1, -0.05) is 13.3 Å². The maximum absolute atomic E-state index is 11.5. The monoisotopic (exact) mass is 213 g/mol. The van der Waals surface area contributed by atoms with Crippen LogP contribution in [0.5, 0.6) is 0 Å². The van der Waals surface area contributed by atoms with Crippen LogP contribution in [-0.2, 0) is 4.79 Å². The van der Waals surface area contributed by atoms with Gasteiger partial charge in [0.05, 0.1) is 6.54 Å². The standard InChI is InChI=1S/C11H23N3O/c1-2-3-5-13-11(15)9-14-6-4-10(7-12)8-14/h10H,2-9,12H2,1H3,(H,13,15). The van der Waals surface area contributed by atoms with Gasteiger partial charge in [0.2, 0.25) is 5.91 Å². The van der Waals surface area contributed by atoms with Crippen LogP contribution in [0, 0.1) is 5.92 Å². The summed E-state index contributed by atoms with van der Waals surface area (Å²) in [5, 5.41) is 2.93. The zero-order chi connectivity index (χ0) is 11.1. The maximum Gasteiger partial charge on any atom is 0.234 e. The van der Waals surface area contributed by atoms with Gasteiger partial charge in [-0.3, -0.25) is 9.69 Å². The van der Waals surface area contributed by atoms with E-state index in [9.17, 15) is 4.79 Å². The van der Waals surface area contributed by atoms with Crippen molar-refractivity contribution in [2.24, 2.45) is 11.7 Å². The van der Waals surface area contributed by atoms with Crippen LogP contribution in [0.15, 0.2) is 0 Å². The van der Waals surface area contributed by atoms with Crippen molar-refractivity contribution < 1.29 is 4.79 Å². The molecule has 1 aliphatic rings. The first-order valence-corrected chi connectivity index (χ1v) is 5.95. The van der Waals surface area contributed by atoms with Crippen molar-refractivity contribution in [3.8, 4) is 0 Å².